The van der Waals surface area contributed by atoms with Crippen molar-refractivity contribution in [2.75, 3.05) is 0 Å². The number of Topliss-reactive ketones (excluding diaryl/α,β-unsaturated/α-hetero) is 1. The lowest BCUT2D eigenvalue weighted by Gasteiger charge is -2.18. The van der Waals surface area contributed by atoms with Gasteiger partial charge in [0.05, 0.1) is 18.1 Å². The smallest absolute Gasteiger partial charge is 0.270 e. The summed E-state index contributed by atoms with van der Waals surface area (Å²) < 4.78 is 0. The van der Waals surface area contributed by atoms with Gasteiger partial charge in [0.15, 0.2) is 10.8 Å². The molecule has 0 bridgehead atoms. The molecule has 18 heavy (non-hydrogen) atoms. The Kier molecular flexibility index (Phi) is 2.02. The molecule has 2 aliphatic rings. The number of nitrogens with two attached hydrogens (primary N) is 1. The standard InChI is InChI=1S/C12H12N4O2/c1-10(2,3)7(17)6-11(4-13)8(15)16-9(18)12(6,11)5-14/h6H,1-3H3,(H2,15,16,18)/t6-,11+,12-/m0/s1. The van der Waals surface area contributed by atoms with Gasteiger partial charge in [-0.3, -0.25) is 9.59 Å². The second-order valence-electron chi connectivity index (χ2n) is 5.69. The zero-order valence-electron chi connectivity index (χ0n) is 10.3. The highest BCUT2D eigenvalue weighted by atomic mass is 16.2. The van der Waals surface area contributed by atoms with Crippen molar-refractivity contribution in [3.63, 3.8) is 0 Å². The average molecular weight is 244 g/mol. The minimum Gasteiger partial charge on any atom is -0.386 e. The number of ketones is 1. The van der Waals surface area contributed by atoms with Crippen molar-refractivity contribution in [2.24, 2.45) is 32.9 Å². The number of aliphatic imine (C=N–C) groups is 1. The molecule has 1 saturated carbocycles. The third-order valence-electron chi connectivity index (χ3n) is 3.72. The van der Waals surface area contributed by atoms with Gasteiger partial charge in [-0.25, -0.2) is 0 Å². The number of rotatable bonds is 1. The highest BCUT2D eigenvalue weighted by Crippen LogP contribution is 2.73. The van der Waals surface area contributed by atoms with E-state index in [0.717, 1.165) is 0 Å². The van der Waals surface area contributed by atoms with Crippen LogP contribution in [0.25, 0.3) is 0 Å². The molecule has 1 amide bonds. The van der Waals surface area contributed by atoms with E-state index in [-0.39, 0.29) is 11.6 Å². The fourth-order valence-electron chi connectivity index (χ4n) is 2.64. The number of carbonyl (C=O) groups excluding carboxylic acids is 2. The number of hydrogen-bond donors (Lipinski definition) is 1. The number of carbonyl (C=O) groups is 2. The summed E-state index contributed by atoms with van der Waals surface area (Å²) in [5.74, 6) is -2.28. The Balaban J connectivity index is 2.60. The normalized spacial score (nSPS) is 37.3. The number of nitrogens with zero attached hydrogens (tertiary/aromatic N) is 3. The van der Waals surface area contributed by atoms with Crippen LogP contribution in [0.1, 0.15) is 20.8 Å². The monoisotopic (exact) mass is 244 g/mol. The fourth-order valence-corrected chi connectivity index (χ4v) is 2.64. The molecule has 0 aromatic heterocycles. The van der Waals surface area contributed by atoms with Crippen molar-refractivity contribution < 1.29 is 9.59 Å². The van der Waals surface area contributed by atoms with Gasteiger partial charge < -0.3 is 5.73 Å². The summed E-state index contributed by atoms with van der Waals surface area (Å²) in [6.45, 7) is 5.03. The van der Waals surface area contributed by atoms with Crippen LogP contribution in [0.2, 0.25) is 0 Å². The van der Waals surface area contributed by atoms with Crippen LogP contribution in [-0.4, -0.2) is 17.5 Å². The second kappa shape index (κ2) is 2.97. The molecule has 1 aliphatic carbocycles. The Labute approximate surface area is 104 Å². The SMILES string of the molecule is CC(C)(C)C(=O)[C@H]1[C@]2(C#N)C(N)=NC(=O)[C@]12C#N. The number of fused-ring (bicyclic) bond motifs is 1. The van der Waals surface area contributed by atoms with E-state index in [4.69, 9.17) is 5.73 Å². The molecule has 0 unspecified atom stereocenters. The van der Waals surface area contributed by atoms with Gasteiger partial charge in [-0.05, 0) is 0 Å². The van der Waals surface area contributed by atoms with Gasteiger partial charge in [-0.1, -0.05) is 20.8 Å². The van der Waals surface area contributed by atoms with Crippen molar-refractivity contribution in [1.29, 1.82) is 10.5 Å². The third-order valence-corrected chi connectivity index (χ3v) is 3.72. The van der Waals surface area contributed by atoms with Gasteiger partial charge in [-0.15, -0.1) is 0 Å². The van der Waals surface area contributed by atoms with Crippen LogP contribution in [-0.2, 0) is 9.59 Å². The minimum absolute atomic E-state index is 0.209. The first-order chi connectivity index (χ1) is 8.20. The van der Waals surface area contributed by atoms with Gasteiger partial charge in [0.25, 0.3) is 5.91 Å². The summed E-state index contributed by atoms with van der Waals surface area (Å²) in [6.07, 6.45) is 0. The molecule has 6 heteroatoms. The second-order valence-corrected chi connectivity index (χ2v) is 5.69. The maximum absolute atomic E-state index is 12.3. The summed E-state index contributed by atoms with van der Waals surface area (Å²) in [7, 11) is 0. The number of hydrogen-bond acceptors (Lipinski definition) is 5. The van der Waals surface area contributed by atoms with Crippen LogP contribution in [0.5, 0.6) is 0 Å². The van der Waals surface area contributed by atoms with E-state index in [1.165, 1.54) is 0 Å². The molecule has 1 aliphatic heterocycles. The molecule has 92 valence electrons. The molecule has 3 atom stereocenters. The van der Waals surface area contributed by atoms with E-state index in [9.17, 15) is 20.1 Å². The highest BCUT2D eigenvalue weighted by molar-refractivity contribution is 6.22. The van der Waals surface area contributed by atoms with Crippen LogP contribution >= 0.6 is 0 Å². The van der Waals surface area contributed by atoms with E-state index in [1.807, 2.05) is 6.07 Å². The molecular formula is C12H12N4O2. The Hall–Kier alpha value is -2.21. The summed E-state index contributed by atoms with van der Waals surface area (Å²) in [6, 6.07) is 3.67. The Bertz CT molecular complexity index is 587. The van der Waals surface area contributed by atoms with Gasteiger partial charge in [0, 0.05) is 5.41 Å². The molecule has 0 aromatic carbocycles. The van der Waals surface area contributed by atoms with E-state index in [1.54, 1.807) is 26.8 Å². The summed E-state index contributed by atoms with van der Waals surface area (Å²) in [5.41, 5.74) is 1.59. The van der Waals surface area contributed by atoms with E-state index < -0.39 is 28.1 Å². The quantitative estimate of drug-likeness (QED) is 0.703. The first-order valence-corrected chi connectivity index (χ1v) is 5.46. The first-order valence-electron chi connectivity index (χ1n) is 5.46. The molecule has 0 aromatic rings. The van der Waals surface area contributed by atoms with Gasteiger partial charge in [0.2, 0.25) is 0 Å². The van der Waals surface area contributed by atoms with Crippen molar-refractivity contribution in [3.8, 4) is 12.1 Å². The molecule has 2 rings (SSSR count). The number of amides is 1. The van der Waals surface area contributed by atoms with Crippen molar-refractivity contribution in [3.05, 3.63) is 0 Å². The first kappa shape index (κ1) is 12.3. The largest absolute Gasteiger partial charge is 0.386 e. The van der Waals surface area contributed by atoms with Crippen molar-refractivity contribution in [2.45, 2.75) is 20.8 Å². The molecular weight excluding hydrogens is 232 g/mol. The topological polar surface area (TPSA) is 120 Å². The molecule has 1 fully saturated rings. The Morgan fingerprint density at radius 1 is 1.33 bits per heavy atom. The van der Waals surface area contributed by atoms with Gasteiger partial charge >= 0.3 is 0 Å². The number of amidine groups is 1. The summed E-state index contributed by atoms with van der Waals surface area (Å²) >= 11 is 0. The Morgan fingerprint density at radius 3 is 2.17 bits per heavy atom. The van der Waals surface area contributed by atoms with Crippen molar-refractivity contribution >= 4 is 17.5 Å². The van der Waals surface area contributed by atoms with Gasteiger partial charge in [-0.2, -0.15) is 15.5 Å². The third kappa shape index (κ3) is 0.948. The van der Waals surface area contributed by atoms with Crippen LogP contribution in [0.3, 0.4) is 0 Å². The summed E-state index contributed by atoms with van der Waals surface area (Å²) in [5, 5.41) is 18.5. The minimum atomic E-state index is -1.70. The molecule has 6 nitrogen and oxygen atoms in total. The van der Waals surface area contributed by atoms with E-state index >= 15 is 0 Å². The van der Waals surface area contributed by atoms with E-state index in [2.05, 4.69) is 4.99 Å². The van der Waals surface area contributed by atoms with Crippen LogP contribution < -0.4 is 5.73 Å². The maximum atomic E-state index is 12.3. The zero-order valence-corrected chi connectivity index (χ0v) is 10.3. The van der Waals surface area contributed by atoms with Gasteiger partial charge in [0.1, 0.15) is 11.6 Å². The zero-order chi connectivity index (χ0) is 13.9. The molecule has 0 saturated heterocycles. The number of nitriles is 2. The molecule has 0 radical (unpaired) electrons. The lowest BCUT2D eigenvalue weighted by Crippen LogP contribution is -2.31. The predicted octanol–water partition coefficient (Wildman–Crippen LogP) is 0.149. The molecule has 2 N–H and O–H groups in total. The van der Waals surface area contributed by atoms with E-state index in [0.29, 0.717) is 0 Å². The average Bonchev–Trinajstić information content (AvgIpc) is 2.83. The molecule has 0 spiro atoms. The van der Waals surface area contributed by atoms with Crippen LogP contribution in [0.15, 0.2) is 4.99 Å². The predicted molar refractivity (Wildman–Crippen MR) is 60.7 cm³/mol. The Morgan fingerprint density at radius 2 is 1.83 bits per heavy atom. The van der Waals surface area contributed by atoms with Crippen molar-refractivity contribution in [1.82, 2.24) is 0 Å². The lowest BCUT2D eigenvalue weighted by atomic mass is 9.84. The lowest BCUT2D eigenvalue weighted by molar-refractivity contribution is -0.131. The van der Waals surface area contributed by atoms with Crippen LogP contribution in [0, 0.1) is 44.8 Å². The summed E-state index contributed by atoms with van der Waals surface area (Å²) in [4.78, 5) is 27.6. The van der Waals surface area contributed by atoms with Crippen LogP contribution in [0.4, 0.5) is 0 Å². The molecule has 1 heterocycles. The maximum Gasteiger partial charge on any atom is 0.270 e. The highest BCUT2D eigenvalue weighted by Gasteiger charge is 2.90. The fraction of sp³-hybridized carbons (Fsp3) is 0.583.